The normalized spacial score (nSPS) is 17.5. The number of guanidine groups is 1. The Hall–Kier alpha value is -2.63. The predicted octanol–water partition coefficient (Wildman–Crippen LogP) is 2.94. The van der Waals surface area contributed by atoms with Crippen molar-refractivity contribution in [2.45, 2.75) is 12.8 Å². The van der Waals surface area contributed by atoms with Gasteiger partial charge in [-0.2, -0.15) is 0 Å². The highest BCUT2D eigenvalue weighted by atomic mass is 19.2. The lowest BCUT2D eigenvalue weighted by molar-refractivity contribution is 0.508. The first-order chi connectivity index (χ1) is 12.6. The SMILES string of the molecule is NC(=NCC1CCN(c2ccc(F)c(F)c2)C1)NCCc1ccccc1. The first-order valence-electron chi connectivity index (χ1n) is 8.89. The van der Waals surface area contributed by atoms with Crippen LogP contribution in [0.2, 0.25) is 0 Å². The molecular formula is C20H24F2N4. The summed E-state index contributed by atoms with van der Waals surface area (Å²) in [5, 5.41) is 3.13. The quantitative estimate of drug-likeness (QED) is 0.617. The van der Waals surface area contributed by atoms with Gasteiger partial charge in [0.05, 0.1) is 0 Å². The molecule has 138 valence electrons. The van der Waals surface area contributed by atoms with Gasteiger partial charge in [-0.15, -0.1) is 0 Å². The molecule has 2 aromatic carbocycles. The van der Waals surface area contributed by atoms with Crippen molar-refractivity contribution < 1.29 is 8.78 Å². The van der Waals surface area contributed by atoms with E-state index in [0.717, 1.165) is 32.5 Å². The van der Waals surface area contributed by atoms with E-state index in [-0.39, 0.29) is 0 Å². The Kier molecular flexibility index (Phi) is 6.04. The topological polar surface area (TPSA) is 53.6 Å². The van der Waals surface area contributed by atoms with Gasteiger partial charge in [0.25, 0.3) is 0 Å². The summed E-state index contributed by atoms with van der Waals surface area (Å²) in [6.45, 7) is 2.95. The molecule has 3 rings (SSSR count). The molecule has 1 fully saturated rings. The maximum absolute atomic E-state index is 13.4. The van der Waals surface area contributed by atoms with Crippen molar-refractivity contribution in [2.75, 3.05) is 31.1 Å². The van der Waals surface area contributed by atoms with Gasteiger partial charge < -0.3 is 16.0 Å². The molecule has 1 heterocycles. The van der Waals surface area contributed by atoms with Crippen LogP contribution in [0.5, 0.6) is 0 Å². The molecule has 1 atom stereocenters. The van der Waals surface area contributed by atoms with E-state index in [2.05, 4.69) is 27.3 Å². The molecule has 0 aromatic heterocycles. The van der Waals surface area contributed by atoms with Crippen molar-refractivity contribution in [2.24, 2.45) is 16.6 Å². The molecule has 0 radical (unpaired) electrons. The Bertz CT molecular complexity index is 749. The fourth-order valence-corrected chi connectivity index (χ4v) is 3.16. The van der Waals surface area contributed by atoms with E-state index in [1.807, 2.05) is 18.2 Å². The summed E-state index contributed by atoms with van der Waals surface area (Å²) >= 11 is 0. The second kappa shape index (κ2) is 8.65. The molecule has 4 nitrogen and oxygen atoms in total. The summed E-state index contributed by atoms with van der Waals surface area (Å²) in [4.78, 5) is 6.48. The molecular weight excluding hydrogens is 334 g/mol. The summed E-state index contributed by atoms with van der Waals surface area (Å²) in [5.74, 6) is -0.816. The molecule has 6 heteroatoms. The van der Waals surface area contributed by atoms with Gasteiger partial charge in [0, 0.05) is 37.9 Å². The zero-order chi connectivity index (χ0) is 18.4. The van der Waals surface area contributed by atoms with Crippen LogP contribution in [0.25, 0.3) is 0 Å². The molecule has 3 N–H and O–H groups in total. The van der Waals surface area contributed by atoms with E-state index >= 15 is 0 Å². The Morgan fingerprint density at radius 2 is 1.96 bits per heavy atom. The number of aliphatic imine (C=N–C) groups is 1. The van der Waals surface area contributed by atoms with Gasteiger partial charge in [0.2, 0.25) is 0 Å². The lowest BCUT2D eigenvalue weighted by atomic mass is 10.1. The molecule has 1 aliphatic rings. The Morgan fingerprint density at radius 3 is 2.73 bits per heavy atom. The zero-order valence-corrected chi connectivity index (χ0v) is 14.7. The van der Waals surface area contributed by atoms with Crippen LogP contribution in [0, 0.1) is 17.6 Å². The highest BCUT2D eigenvalue weighted by Gasteiger charge is 2.23. The van der Waals surface area contributed by atoms with E-state index < -0.39 is 11.6 Å². The zero-order valence-electron chi connectivity index (χ0n) is 14.7. The third-order valence-corrected chi connectivity index (χ3v) is 4.64. The molecule has 0 bridgehead atoms. The molecule has 26 heavy (non-hydrogen) atoms. The summed E-state index contributed by atoms with van der Waals surface area (Å²) in [6, 6.07) is 14.2. The van der Waals surface area contributed by atoms with Gasteiger partial charge in [-0.25, -0.2) is 8.78 Å². The maximum Gasteiger partial charge on any atom is 0.188 e. The van der Waals surface area contributed by atoms with E-state index in [0.29, 0.717) is 24.1 Å². The van der Waals surface area contributed by atoms with Gasteiger partial charge in [-0.1, -0.05) is 30.3 Å². The standard InChI is InChI=1S/C20H24F2N4/c21-18-7-6-17(12-19(18)22)26-11-9-16(14-26)13-25-20(23)24-10-8-15-4-2-1-3-5-15/h1-7,12,16H,8-11,13-14H2,(H3,23,24,25). The monoisotopic (exact) mass is 358 g/mol. The Labute approximate surface area is 152 Å². The van der Waals surface area contributed by atoms with Crippen LogP contribution in [-0.4, -0.2) is 32.1 Å². The molecule has 2 aromatic rings. The first kappa shape index (κ1) is 18.2. The first-order valence-corrected chi connectivity index (χ1v) is 8.89. The van der Waals surface area contributed by atoms with Crippen molar-refractivity contribution in [3.8, 4) is 0 Å². The van der Waals surface area contributed by atoms with E-state index in [1.54, 1.807) is 6.07 Å². The lowest BCUT2D eigenvalue weighted by Gasteiger charge is -2.18. The molecule has 1 saturated heterocycles. The molecule has 0 spiro atoms. The van der Waals surface area contributed by atoms with Gasteiger partial charge in [0.1, 0.15) is 0 Å². The highest BCUT2D eigenvalue weighted by molar-refractivity contribution is 5.77. The number of benzene rings is 2. The van der Waals surface area contributed by atoms with Crippen molar-refractivity contribution in [1.29, 1.82) is 0 Å². The van der Waals surface area contributed by atoms with E-state index in [9.17, 15) is 8.78 Å². The van der Waals surface area contributed by atoms with Crippen LogP contribution in [0.1, 0.15) is 12.0 Å². The van der Waals surface area contributed by atoms with E-state index in [4.69, 9.17) is 5.73 Å². The second-order valence-electron chi connectivity index (χ2n) is 6.59. The summed E-state index contributed by atoms with van der Waals surface area (Å²) in [5.41, 5.74) is 7.90. The largest absolute Gasteiger partial charge is 0.371 e. The van der Waals surface area contributed by atoms with Crippen LogP contribution >= 0.6 is 0 Å². The predicted molar refractivity (Wildman–Crippen MR) is 101 cm³/mol. The molecule has 0 aliphatic carbocycles. The van der Waals surface area contributed by atoms with Crippen LogP contribution in [0.4, 0.5) is 14.5 Å². The van der Waals surface area contributed by atoms with Crippen molar-refractivity contribution in [3.05, 3.63) is 65.7 Å². The van der Waals surface area contributed by atoms with Crippen LogP contribution in [0.3, 0.4) is 0 Å². The van der Waals surface area contributed by atoms with Gasteiger partial charge in [0.15, 0.2) is 17.6 Å². The van der Waals surface area contributed by atoms with Crippen LogP contribution in [0.15, 0.2) is 53.5 Å². The minimum atomic E-state index is -0.816. The molecule has 1 unspecified atom stereocenters. The number of nitrogens with one attached hydrogen (secondary N) is 1. The van der Waals surface area contributed by atoms with Gasteiger partial charge in [-0.05, 0) is 36.5 Å². The minimum absolute atomic E-state index is 0.359. The number of hydrogen-bond acceptors (Lipinski definition) is 2. The third kappa shape index (κ3) is 4.94. The highest BCUT2D eigenvalue weighted by Crippen LogP contribution is 2.25. The Balaban J connectivity index is 1.43. The molecule has 0 saturated carbocycles. The number of anilines is 1. The van der Waals surface area contributed by atoms with E-state index in [1.165, 1.54) is 17.7 Å². The fraction of sp³-hybridized carbons (Fsp3) is 0.350. The number of hydrogen-bond donors (Lipinski definition) is 2. The Morgan fingerprint density at radius 1 is 1.15 bits per heavy atom. The van der Waals surface area contributed by atoms with Crippen molar-refractivity contribution in [3.63, 3.8) is 0 Å². The number of nitrogens with two attached hydrogens (primary N) is 1. The minimum Gasteiger partial charge on any atom is -0.371 e. The third-order valence-electron chi connectivity index (χ3n) is 4.64. The lowest BCUT2D eigenvalue weighted by Crippen LogP contribution is -2.34. The number of halogens is 2. The summed E-state index contributed by atoms with van der Waals surface area (Å²) in [7, 11) is 0. The molecule has 0 amide bonds. The van der Waals surface area contributed by atoms with Crippen molar-refractivity contribution in [1.82, 2.24) is 5.32 Å². The van der Waals surface area contributed by atoms with Crippen LogP contribution in [-0.2, 0) is 6.42 Å². The van der Waals surface area contributed by atoms with Gasteiger partial charge in [-0.3, -0.25) is 4.99 Å². The van der Waals surface area contributed by atoms with Gasteiger partial charge >= 0.3 is 0 Å². The number of rotatable bonds is 6. The summed E-state index contributed by atoms with van der Waals surface area (Å²) in [6.07, 6.45) is 1.85. The average Bonchev–Trinajstić information content (AvgIpc) is 3.12. The average molecular weight is 358 g/mol. The maximum atomic E-state index is 13.4. The van der Waals surface area contributed by atoms with Crippen LogP contribution < -0.4 is 16.0 Å². The fourth-order valence-electron chi connectivity index (χ4n) is 3.16. The number of nitrogens with zero attached hydrogens (tertiary/aromatic N) is 2. The van der Waals surface area contributed by atoms with Crippen molar-refractivity contribution >= 4 is 11.6 Å². The second-order valence-corrected chi connectivity index (χ2v) is 6.59. The summed E-state index contributed by atoms with van der Waals surface area (Å²) < 4.78 is 26.4. The smallest absolute Gasteiger partial charge is 0.188 e. The molecule has 1 aliphatic heterocycles.